The van der Waals surface area contributed by atoms with Crippen LogP contribution in [-0.4, -0.2) is 21.2 Å². The fraction of sp³-hybridized carbons (Fsp3) is 0.500. The van der Waals surface area contributed by atoms with Crippen molar-refractivity contribution in [1.29, 1.82) is 0 Å². The summed E-state index contributed by atoms with van der Waals surface area (Å²) in [5, 5.41) is 1.69. The molecular weight excluding hydrogens is 256 g/mol. The molecule has 4 nitrogen and oxygen atoms in total. The molecule has 0 spiro atoms. The van der Waals surface area contributed by atoms with Crippen LogP contribution >= 0.6 is 11.8 Å². The van der Waals surface area contributed by atoms with Crippen molar-refractivity contribution in [2.75, 3.05) is 12.0 Å². The van der Waals surface area contributed by atoms with E-state index >= 15 is 0 Å². The van der Waals surface area contributed by atoms with Gasteiger partial charge in [-0.05, 0) is 30.6 Å². The van der Waals surface area contributed by atoms with Crippen LogP contribution in [0.15, 0.2) is 17.4 Å². The van der Waals surface area contributed by atoms with Gasteiger partial charge in [0.15, 0.2) is 5.16 Å². The van der Waals surface area contributed by atoms with Crippen LogP contribution in [0.4, 0.5) is 5.82 Å². The Kier molecular flexibility index (Phi) is 3.94. The van der Waals surface area contributed by atoms with Crippen LogP contribution in [0.3, 0.4) is 0 Å². The quantitative estimate of drug-likeness (QED) is 0.688. The minimum atomic E-state index is 0.296. The molecule has 0 atom stereocenters. The van der Waals surface area contributed by atoms with Crippen molar-refractivity contribution in [2.24, 2.45) is 5.41 Å². The number of pyridine rings is 1. The molecule has 2 N–H and O–H groups in total. The van der Waals surface area contributed by atoms with Crippen molar-refractivity contribution in [3.05, 3.63) is 18.0 Å². The van der Waals surface area contributed by atoms with E-state index in [1.54, 1.807) is 0 Å². The molecule has 0 aliphatic carbocycles. The minimum Gasteiger partial charge on any atom is -0.382 e. The molecule has 0 fully saturated rings. The van der Waals surface area contributed by atoms with Gasteiger partial charge in [0.1, 0.15) is 11.3 Å². The van der Waals surface area contributed by atoms with Crippen molar-refractivity contribution in [3.63, 3.8) is 0 Å². The van der Waals surface area contributed by atoms with Crippen molar-refractivity contribution in [1.82, 2.24) is 15.0 Å². The van der Waals surface area contributed by atoms with Crippen LogP contribution in [0, 0.1) is 5.41 Å². The Balaban J connectivity index is 2.34. The van der Waals surface area contributed by atoms with E-state index in [9.17, 15) is 0 Å². The van der Waals surface area contributed by atoms with Crippen molar-refractivity contribution in [2.45, 2.75) is 38.8 Å². The number of thioether (sulfide) groups is 1. The lowest BCUT2D eigenvalue weighted by molar-refractivity contribution is 0.376. The molecule has 2 heterocycles. The second-order valence-electron chi connectivity index (χ2n) is 5.85. The highest BCUT2D eigenvalue weighted by Gasteiger charge is 2.12. The first-order valence-corrected chi connectivity index (χ1v) is 7.58. The zero-order valence-electron chi connectivity index (χ0n) is 11.9. The van der Waals surface area contributed by atoms with Gasteiger partial charge in [0.25, 0.3) is 0 Å². The highest BCUT2D eigenvalue weighted by molar-refractivity contribution is 7.98. The first-order chi connectivity index (χ1) is 8.89. The summed E-state index contributed by atoms with van der Waals surface area (Å²) in [5.41, 5.74) is 8.07. The third kappa shape index (κ3) is 3.56. The van der Waals surface area contributed by atoms with Gasteiger partial charge in [-0.25, -0.2) is 15.0 Å². The summed E-state index contributed by atoms with van der Waals surface area (Å²) < 4.78 is 0. The van der Waals surface area contributed by atoms with Gasteiger partial charge in [-0.3, -0.25) is 0 Å². The maximum atomic E-state index is 6.01. The molecule has 0 radical (unpaired) electrons. The molecule has 0 aliphatic rings. The van der Waals surface area contributed by atoms with E-state index in [0.717, 1.165) is 34.6 Å². The van der Waals surface area contributed by atoms with Gasteiger partial charge in [0.05, 0.1) is 0 Å². The van der Waals surface area contributed by atoms with Gasteiger partial charge < -0.3 is 5.73 Å². The zero-order valence-corrected chi connectivity index (χ0v) is 12.7. The van der Waals surface area contributed by atoms with Crippen LogP contribution in [0.5, 0.6) is 0 Å². The second kappa shape index (κ2) is 5.33. The summed E-state index contributed by atoms with van der Waals surface area (Å²) in [6, 6.07) is 2.04. The van der Waals surface area contributed by atoms with Crippen LogP contribution in [0.25, 0.3) is 10.9 Å². The molecule has 0 amide bonds. The molecule has 19 heavy (non-hydrogen) atoms. The fourth-order valence-electron chi connectivity index (χ4n) is 1.83. The number of fused-ring (bicyclic) bond motifs is 1. The Bertz CT molecular complexity index is 590. The fourth-order valence-corrected chi connectivity index (χ4v) is 2.18. The number of nitrogens with zero attached hydrogens (tertiary/aromatic N) is 3. The normalized spacial score (nSPS) is 12.0. The molecule has 2 aromatic rings. The Morgan fingerprint density at radius 2 is 2.00 bits per heavy atom. The summed E-state index contributed by atoms with van der Waals surface area (Å²) in [5.74, 6) is 0.499. The Morgan fingerprint density at radius 1 is 1.26 bits per heavy atom. The standard InChI is InChI=1S/C14H20N4S/c1-14(2,3)6-5-10-7-9-8-16-13(19-4)18-11(9)12(15)17-10/h7-8H,5-6H2,1-4H3,(H2,15,17). The average Bonchev–Trinajstić information content (AvgIpc) is 2.35. The van der Waals surface area contributed by atoms with Crippen molar-refractivity contribution in [3.8, 4) is 0 Å². The van der Waals surface area contributed by atoms with Gasteiger partial charge in [-0.2, -0.15) is 0 Å². The van der Waals surface area contributed by atoms with Crippen LogP contribution < -0.4 is 5.73 Å². The van der Waals surface area contributed by atoms with E-state index in [1.165, 1.54) is 11.8 Å². The third-order valence-corrected chi connectivity index (χ3v) is 3.50. The molecule has 0 saturated heterocycles. The lowest BCUT2D eigenvalue weighted by atomic mass is 9.89. The van der Waals surface area contributed by atoms with Gasteiger partial charge >= 0.3 is 0 Å². The first kappa shape index (κ1) is 14.1. The van der Waals surface area contributed by atoms with Gasteiger partial charge in [-0.1, -0.05) is 32.5 Å². The van der Waals surface area contributed by atoms with E-state index < -0.39 is 0 Å². The molecule has 102 valence electrons. The first-order valence-electron chi connectivity index (χ1n) is 6.35. The number of aromatic nitrogens is 3. The van der Waals surface area contributed by atoms with E-state index in [-0.39, 0.29) is 0 Å². The van der Waals surface area contributed by atoms with Crippen LogP contribution in [-0.2, 0) is 6.42 Å². The molecule has 0 aliphatic heterocycles. The summed E-state index contributed by atoms with van der Waals surface area (Å²) >= 11 is 1.50. The van der Waals surface area contributed by atoms with Gasteiger partial charge in [-0.15, -0.1) is 0 Å². The maximum absolute atomic E-state index is 6.01. The number of anilines is 1. The third-order valence-electron chi connectivity index (χ3n) is 2.94. The highest BCUT2D eigenvalue weighted by atomic mass is 32.2. The van der Waals surface area contributed by atoms with Gasteiger partial charge in [0.2, 0.25) is 0 Å². The van der Waals surface area contributed by atoms with Crippen molar-refractivity contribution >= 4 is 28.5 Å². The lowest BCUT2D eigenvalue weighted by Crippen LogP contribution is -2.08. The number of hydrogen-bond donors (Lipinski definition) is 1. The topological polar surface area (TPSA) is 64.7 Å². The van der Waals surface area contributed by atoms with Crippen LogP contribution in [0.2, 0.25) is 0 Å². The van der Waals surface area contributed by atoms with Crippen LogP contribution in [0.1, 0.15) is 32.9 Å². The molecule has 2 aromatic heterocycles. The molecule has 0 saturated carbocycles. The maximum Gasteiger partial charge on any atom is 0.187 e. The van der Waals surface area contributed by atoms with E-state index in [0.29, 0.717) is 11.2 Å². The summed E-state index contributed by atoms with van der Waals surface area (Å²) in [4.78, 5) is 13.2. The monoisotopic (exact) mass is 276 g/mol. The highest BCUT2D eigenvalue weighted by Crippen LogP contribution is 2.24. The predicted octanol–water partition coefficient (Wildman–Crippen LogP) is 3.31. The predicted molar refractivity (Wildman–Crippen MR) is 81.3 cm³/mol. The van der Waals surface area contributed by atoms with Gasteiger partial charge in [0, 0.05) is 17.3 Å². The van der Waals surface area contributed by atoms with Crippen molar-refractivity contribution < 1.29 is 0 Å². The zero-order chi connectivity index (χ0) is 14.0. The number of aryl methyl sites for hydroxylation is 1. The summed E-state index contributed by atoms with van der Waals surface area (Å²) in [6.45, 7) is 6.68. The largest absolute Gasteiger partial charge is 0.382 e. The Labute approximate surface area is 118 Å². The smallest absolute Gasteiger partial charge is 0.187 e. The SMILES string of the molecule is CSc1ncc2cc(CCC(C)(C)C)nc(N)c2n1. The molecule has 2 rings (SSSR count). The average molecular weight is 276 g/mol. The molecule has 0 unspecified atom stereocenters. The molecule has 5 heteroatoms. The second-order valence-corrected chi connectivity index (χ2v) is 6.63. The lowest BCUT2D eigenvalue weighted by Gasteiger charge is -2.17. The number of hydrogen-bond acceptors (Lipinski definition) is 5. The summed E-state index contributed by atoms with van der Waals surface area (Å²) in [6.07, 6.45) is 5.78. The molecule has 0 bridgehead atoms. The van der Waals surface area contributed by atoms with E-state index in [4.69, 9.17) is 5.73 Å². The van der Waals surface area contributed by atoms with E-state index in [1.807, 2.05) is 18.5 Å². The Hall–Kier alpha value is -1.36. The molecule has 0 aromatic carbocycles. The number of rotatable bonds is 3. The number of nitrogens with two attached hydrogens (primary N) is 1. The summed E-state index contributed by atoms with van der Waals surface area (Å²) in [7, 11) is 0. The van der Waals surface area contributed by atoms with E-state index in [2.05, 4.69) is 35.7 Å². The molecular formula is C14H20N4S. The minimum absolute atomic E-state index is 0.296. The number of nitrogen functional groups attached to an aromatic ring is 1. The Morgan fingerprint density at radius 3 is 2.63 bits per heavy atom.